The van der Waals surface area contributed by atoms with Gasteiger partial charge in [-0.15, -0.1) is 0 Å². The molecule has 0 amide bonds. The number of benzene rings is 2. The first-order chi connectivity index (χ1) is 10.1. The Hall–Kier alpha value is -1.81. The quantitative estimate of drug-likeness (QED) is 0.870. The molecular formula is C17H18BrN3. The summed E-state index contributed by atoms with van der Waals surface area (Å²) < 4.78 is 1.08. The van der Waals surface area contributed by atoms with Gasteiger partial charge >= 0.3 is 0 Å². The van der Waals surface area contributed by atoms with Crippen molar-refractivity contribution in [2.75, 3.05) is 0 Å². The lowest BCUT2D eigenvalue weighted by atomic mass is 9.93. The Balaban J connectivity index is 1.89. The molecule has 2 unspecified atom stereocenters. The fraction of sp³-hybridized carbons (Fsp3) is 0.235. The second-order valence-corrected chi connectivity index (χ2v) is 6.35. The third kappa shape index (κ3) is 3.27. The van der Waals surface area contributed by atoms with Crippen LogP contribution in [-0.2, 0) is 0 Å². The summed E-state index contributed by atoms with van der Waals surface area (Å²) in [5.74, 6) is 0.512. The van der Waals surface area contributed by atoms with Crippen LogP contribution in [0.4, 0.5) is 0 Å². The molecule has 21 heavy (non-hydrogen) atoms. The lowest BCUT2D eigenvalue weighted by Crippen LogP contribution is -2.39. The van der Waals surface area contributed by atoms with Gasteiger partial charge in [0.2, 0.25) is 0 Å². The molecule has 1 aliphatic rings. The van der Waals surface area contributed by atoms with Crippen molar-refractivity contribution < 1.29 is 0 Å². The number of nitrogens with two attached hydrogens (primary N) is 1. The number of rotatable bonds is 2. The Labute approximate surface area is 133 Å². The van der Waals surface area contributed by atoms with Gasteiger partial charge in [0.15, 0.2) is 5.96 Å². The molecule has 1 aliphatic heterocycles. The van der Waals surface area contributed by atoms with Crippen molar-refractivity contribution in [3.05, 3.63) is 69.7 Å². The molecular weight excluding hydrogens is 326 g/mol. The van der Waals surface area contributed by atoms with E-state index in [4.69, 9.17) is 5.73 Å². The third-order valence-electron chi connectivity index (χ3n) is 3.75. The lowest BCUT2D eigenvalue weighted by Gasteiger charge is -2.29. The summed E-state index contributed by atoms with van der Waals surface area (Å²) in [5, 5.41) is 3.28. The van der Waals surface area contributed by atoms with Crippen LogP contribution in [0.1, 0.15) is 35.2 Å². The molecule has 4 heteroatoms. The van der Waals surface area contributed by atoms with Gasteiger partial charge in [0, 0.05) is 4.47 Å². The van der Waals surface area contributed by atoms with Gasteiger partial charge in [-0.25, -0.2) is 4.99 Å². The summed E-state index contributed by atoms with van der Waals surface area (Å²) >= 11 is 3.52. The van der Waals surface area contributed by atoms with Crippen molar-refractivity contribution >= 4 is 21.9 Å². The SMILES string of the molecule is Cc1cccc(C2CC(c3cccc(Br)c3)NC(N)=N2)c1. The molecule has 3 N–H and O–H groups in total. The Morgan fingerprint density at radius 3 is 2.67 bits per heavy atom. The first-order valence-corrected chi connectivity index (χ1v) is 7.83. The second kappa shape index (κ2) is 5.90. The standard InChI is InChI=1S/C17H18BrN3/c1-11-4-2-5-12(8-11)15-10-16(21-17(19)20-15)13-6-3-7-14(18)9-13/h2-9,15-16H,10H2,1H3,(H3,19,20,21). The summed E-state index contributed by atoms with van der Waals surface area (Å²) in [6, 6.07) is 17.1. The number of aliphatic imine (C=N–C) groups is 1. The maximum atomic E-state index is 5.99. The summed E-state index contributed by atoms with van der Waals surface area (Å²) in [4.78, 5) is 4.56. The van der Waals surface area contributed by atoms with Crippen LogP contribution in [0.5, 0.6) is 0 Å². The highest BCUT2D eigenvalue weighted by Gasteiger charge is 2.24. The van der Waals surface area contributed by atoms with Gasteiger partial charge in [-0.3, -0.25) is 0 Å². The maximum absolute atomic E-state index is 5.99. The van der Waals surface area contributed by atoms with Crippen LogP contribution in [0.25, 0.3) is 0 Å². The van der Waals surface area contributed by atoms with E-state index in [1.54, 1.807) is 0 Å². The molecule has 0 saturated heterocycles. The second-order valence-electron chi connectivity index (χ2n) is 5.43. The first-order valence-electron chi connectivity index (χ1n) is 7.03. The highest BCUT2D eigenvalue weighted by molar-refractivity contribution is 9.10. The average Bonchev–Trinajstić information content (AvgIpc) is 2.46. The van der Waals surface area contributed by atoms with Crippen molar-refractivity contribution in [1.82, 2.24) is 5.32 Å². The van der Waals surface area contributed by atoms with Crippen molar-refractivity contribution in [2.45, 2.75) is 25.4 Å². The van der Waals surface area contributed by atoms with E-state index in [2.05, 4.69) is 69.6 Å². The molecule has 3 rings (SSSR count). The maximum Gasteiger partial charge on any atom is 0.189 e. The average molecular weight is 344 g/mol. The van der Waals surface area contributed by atoms with Crippen molar-refractivity contribution in [1.29, 1.82) is 0 Å². The van der Waals surface area contributed by atoms with Crippen LogP contribution in [0.2, 0.25) is 0 Å². The van der Waals surface area contributed by atoms with E-state index >= 15 is 0 Å². The number of nitrogens with zero attached hydrogens (tertiary/aromatic N) is 1. The highest BCUT2D eigenvalue weighted by Crippen LogP contribution is 2.33. The van der Waals surface area contributed by atoms with E-state index in [0.29, 0.717) is 5.96 Å². The molecule has 0 bridgehead atoms. The van der Waals surface area contributed by atoms with Gasteiger partial charge in [-0.2, -0.15) is 0 Å². The number of guanidine groups is 1. The summed E-state index contributed by atoms with van der Waals surface area (Å²) in [6.07, 6.45) is 0.903. The number of nitrogens with one attached hydrogen (secondary N) is 1. The van der Waals surface area contributed by atoms with Crippen LogP contribution >= 0.6 is 15.9 Å². The fourth-order valence-electron chi connectivity index (χ4n) is 2.75. The minimum absolute atomic E-state index is 0.107. The van der Waals surface area contributed by atoms with Gasteiger partial charge in [-0.1, -0.05) is 57.9 Å². The zero-order valence-electron chi connectivity index (χ0n) is 11.9. The van der Waals surface area contributed by atoms with Crippen molar-refractivity contribution in [3.63, 3.8) is 0 Å². The van der Waals surface area contributed by atoms with Gasteiger partial charge < -0.3 is 11.1 Å². The number of hydrogen-bond donors (Lipinski definition) is 2. The lowest BCUT2D eigenvalue weighted by molar-refractivity contribution is 0.487. The van der Waals surface area contributed by atoms with Crippen LogP contribution in [0, 0.1) is 6.92 Å². The Bertz CT molecular complexity index is 681. The predicted molar refractivity (Wildman–Crippen MR) is 90.2 cm³/mol. The zero-order chi connectivity index (χ0) is 14.8. The first kappa shape index (κ1) is 14.1. The highest BCUT2D eigenvalue weighted by atomic mass is 79.9. The number of halogens is 1. The van der Waals surface area contributed by atoms with Gasteiger partial charge in [0.25, 0.3) is 0 Å². The van der Waals surface area contributed by atoms with E-state index in [1.807, 2.05) is 12.1 Å². The molecule has 0 fully saturated rings. The minimum Gasteiger partial charge on any atom is -0.370 e. The smallest absolute Gasteiger partial charge is 0.189 e. The van der Waals surface area contributed by atoms with E-state index in [1.165, 1.54) is 16.7 Å². The topological polar surface area (TPSA) is 50.4 Å². The third-order valence-corrected chi connectivity index (χ3v) is 4.25. The Morgan fingerprint density at radius 1 is 1.14 bits per heavy atom. The molecule has 0 spiro atoms. The van der Waals surface area contributed by atoms with Crippen LogP contribution in [-0.4, -0.2) is 5.96 Å². The largest absolute Gasteiger partial charge is 0.370 e. The molecule has 2 aromatic rings. The zero-order valence-corrected chi connectivity index (χ0v) is 13.5. The van der Waals surface area contributed by atoms with E-state index in [9.17, 15) is 0 Å². The van der Waals surface area contributed by atoms with E-state index in [-0.39, 0.29) is 12.1 Å². The molecule has 1 heterocycles. The molecule has 0 saturated carbocycles. The minimum atomic E-state index is 0.107. The van der Waals surface area contributed by atoms with Crippen LogP contribution < -0.4 is 11.1 Å². The number of aryl methyl sites for hydroxylation is 1. The fourth-order valence-corrected chi connectivity index (χ4v) is 3.17. The molecule has 2 aromatic carbocycles. The molecule has 0 radical (unpaired) electrons. The van der Waals surface area contributed by atoms with Crippen LogP contribution in [0.3, 0.4) is 0 Å². The monoisotopic (exact) mass is 343 g/mol. The summed E-state index contributed by atoms with van der Waals surface area (Å²) in [6.45, 7) is 2.10. The van der Waals surface area contributed by atoms with E-state index < -0.39 is 0 Å². The molecule has 3 nitrogen and oxygen atoms in total. The van der Waals surface area contributed by atoms with Gasteiger partial charge in [-0.05, 0) is 36.6 Å². The van der Waals surface area contributed by atoms with Crippen molar-refractivity contribution in [2.24, 2.45) is 10.7 Å². The molecule has 2 atom stereocenters. The molecule has 108 valence electrons. The summed E-state index contributed by atoms with van der Waals surface area (Å²) in [7, 11) is 0. The number of hydrogen-bond acceptors (Lipinski definition) is 3. The van der Waals surface area contributed by atoms with Gasteiger partial charge in [0.05, 0.1) is 12.1 Å². The Kier molecular flexibility index (Phi) is 3.97. The Morgan fingerprint density at radius 2 is 1.90 bits per heavy atom. The summed E-state index contributed by atoms with van der Waals surface area (Å²) in [5.41, 5.74) is 9.69. The van der Waals surface area contributed by atoms with Gasteiger partial charge in [0.1, 0.15) is 0 Å². The molecule has 0 aliphatic carbocycles. The van der Waals surface area contributed by atoms with Crippen LogP contribution in [0.15, 0.2) is 58.0 Å². The molecule has 0 aromatic heterocycles. The normalized spacial score (nSPS) is 21.5. The van der Waals surface area contributed by atoms with E-state index in [0.717, 1.165) is 10.9 Å². The van der Waals surface area contributed by atoms with Crippen molar-refractivity contribution in [3.8, 4) is 0 Å². The predicted octanol–water partition coefficient (Wildman–Crippen LogP) is 3.85.